The molecular weight excluding hydrogens is 390 g/mol. The van der Waals surface area contributed by atoms with Gasteiger partial charge >= 0.3 is 5.97 Å². The monoisotopic (exact) mass is 407 g/mol. The molecule has 0 saturated carbocycles. The van der Waals surface area contributed by atoms with Crippen molar-refractivity contribution in [3.63, 3.8) is 0 Å². The van der Waals surface area contributed by atoms with Crippen LogP contribution in [0.1, 0.15) is 22.8 Å². The molecule has 0 fully saturated rings. The molecule has 0 radical (unpaired) electrons. The van der Waals surface area contributed by atoms with Crippen LogP contribution in [0.5, 0.6) is 0 Å². The number of halogens is 1. The van der Waals surface area contributed by atoms with Gasteiger partial charge in [0.1, 0.15) is 0 Å². The average molecular weight is 408 g/mol. The summed E-state index contributed by atoms with van der Waals surface area (Å²) >= 11 is 5.87. The highest BCUT2D eigenvalue weighted by Crippen LogP contribution is 2.14. The molecule has 0 aromatic heterocycles. The molecule has 0 heterocycles. The van der Waals surface area contributed by atoms with E-state index in [1.807, 2.05) is 0 Å². The highest BCUT2D eigenvalue weighted by Gasteiger charge is 2.18. The van der Waals surface area contributed by atoms with Crippen LogP contribution >= 0.6 is 11.6 Å². The molecule has 0 amide bonds. The number of hydrogen-bond donors (Lipinski definition) is 1. The molecular formula is C19H18ClNO5S. The number of benzene rings is 2. The normalized spacial score (nSPS) is 12.6. The first-order valence-electron chi connectivity index (χ1n) is 7.90. The zero-order valence-electron chi connectivity index (χ0n) is 14.7. The van der Waals surface area contributed by atoms with Crippen molar-refractivity contribution in [2.24, 2.45) is 0 Å². The number of ketones is 1. The Labute approximate surface area is 162 Å². The van der Waals surface area contributed by atoms with Gasteiger partial charge in [-0.1, -0.05) is 23.7 Å². The van der Waals surface area contributed by atoms with E-state index < -0.39 is 27.9 Å². The lowest BCUT2D eigenvalue weighted by molar-refractivity contribution is -0.140. The van der Waals surface area contributed by atoms with Crippen molar-refractivity contribution in [3.05, 3.63) is 70.8 Å². The summed E-state index contributed by atoms with van der Waals surface area (Å²) < 4.78 is 29.8. The lowest BCUT2D eigenvalue weighted by Crippen LogP contribution is -2.23. The van der Waals surface area contributed by atoms with Gasteiger partial charge in [0.05, 0.1) is 6.26 Å². The van der Waals surface area contributed by atoms with E-state index in [0.717, 1.165) is 11.8 Å². The van der Waals surface area contributed by atoms with Crippen molar-refractivity contribution in [3.8, 4) is 0 Å². The fraction of sp³-hybridized carbons (Fsp3) is 0.158. The number of rotatable bonds is 7. The zero-order valence-corrected chi connectivity index (χ0v) is 16.3. The third kappa shape index (κ3) is 6.88. The summed E-state index contributed by atoms with van der Waals surface area (Å²) in [6, 6.07) is 12.8. The molecule has 0 aliphatic rings. The maximum Gasteiger partial charge on any atom is 0.331 e. The van der Waals surface area contributed by atoms with Crippen LogP contribution in [0.4, 0.5) is 5.69 Å². The topological polar surface area (TPSA) is 89.5 Å². The van der Waals surface area contributed by atoms with Crippen molar-refractivity contribution in [2.45, 2.75) is 13.0 Å². The number of carbonyl (C=O) groups is 2. The first-order chi connectivity index (χ1) is 12.6. The molecule has 1 atom stereocenters. The molecule has 6 nitrogen and oxygen atoms in total. The van der Waals surface area contributed by atoms with Gasteiger partial charge in [-0.2, -0.15) is 0 Å². The van der Waals surface area contributed by atoms with Crippen LogP contribution < -0.4 is 4.72 Å². The maximum atomic E-state index is 12.3. The minimum atomic E-state index is -3.39. The molecule has 0 spiro atoms. The van der Waals surface area contributed by atoms with Crippen LogP contribution in [0.2, 0.25) is 5.02 Å². The molecule has 2 rings (SSSR count). The summed E-state index contributed by atoms with van der Waals surface area (Å²) in [6.07, 6.45) is 2.80. The van der Waals surface area contributed by atoms with Gasteiger partial charge in [0.15, 0.2) is 6.10 Å². The molecule has 142 valence electrons. The SMILES string of the molecule is CC(OC(=O)/C=C/c1cccc(Cl)c1)C(=O)c1ccc(NS(C)(=O)=O)cc1. The summed E-state index contributed by atoms with van der Waals surface area (Å²) in [7, 11) is -3.39. The van der Waals surface area contributed by atoms with Gasteiger partial charge in [-0.05, 0) is 55.0 Å². The number of anilines is 1. The van der Waals surface area contributed by atoms with Crippen LogP contribution in [0.25, 0.3) is 6.08 Å². The molecule has 0 bridgehead atoms. The fourth-order valence-electron chi connectivity index (χ4n) is 2.19. The minimum Gasteiger partial charge on any atom is -0.451 e. The van der Waals surface area contributed by atoms with E-state index in [2.05, 4.69) is 4.72 Å². The van der Waals surface area contributed by atoms with E-state index in [1.165, 1.54) is 43.3 Å². The van der Waals surface area contributed by atoms with E-state index in [-0.39, 0.29) is 0 Å². The molecule has 2 aromatic carbocycles. The highest BCUT2D eigenvalue weighted by atomic mass is 35.5. The lowest BCUT2D eigenvalue weighted by Gasteiger charge is -2.11. The van der Waals surface area contributed by atoms with E-state index in [4.69, 9.17) is 16.3 Å². The van der Waals surface area contributed by atoms with E-state index >= 15 is 0 Å². The second kappa shape index (κ2) is 8.83. The van der Waals surface area contributed by atoms with Gasteiger partial charge in [-0.3, -0.25) is 9.52 Å². The van der Waals surface area contributed by atoms with Gasteiger partial charge < -0.3 is 4.74 Å². The van der Waals surface area contributed by atoms with Crippen molar-refractivity contribution in [1.82, 2.24) is 0 Å². The summed E-state index contributed by atoms with van der Waals surface area (Å²) in [4.78, 5) is 24.2. The quantitative estimate of drug-likeness (QED) is 0.430. The minimum absolute atomic E-state index is 0.299. The maximum absolute atomic E-state index is 12.3. The van der Waals surface area contributed by atoms with Gasteiger partial charge in [-0.15, -0.1) is 0 Å². The first-order valence-corrected chi connectivity index (χ1v) is 10.2. The van der Waals surface area contributed by atoms with Crippen molar-refractivity contribution < 1.29 is 22.7 Å². The highest BCUT2D eigenvalue weighted by molar-refractivity contribution is 7.92. The van der Waals surface area contributed by atoms with E-state index in [0.29, 0.717) is 16.3 Å². The van der Waals surface area contributed by atoms with Crippen LogP contribution in [0.15, 0.2) is 54.6 Å². The van der Waals surface area contributed by atoms with Gasteiger partial charge in [0.25, 0.3) is 0 Å². The third-order valence-electron chi connectivity index (χ3n) is 3.40. The molecule has 0 aliphatic carbocycles. The van der Waals surface area contributed by atoms with E-state index in [1.54, 1.807) is 24.3 Å². The molecule has 8 heteroatoms. The Bertz CT molecular complexity index is 968. The van der Waals surface area contributed by atoms with Crippen LogP contribution in [-0.2, 0) is 19.6 Å². The summed E-state index contributed by atoms with van der Waals surface area (Å²) in [5.41, 5.74) is 1.36. The summed E-state index contributed by atoms with van der Waals surface area (Å²) in [5.74, 6) is -1.06. The number of hydrogen-bond acceptors (Lipinski definition) is 5. The zero-order chi connectivity index (χ0) is 20.0. The van der Waals surface area contributed by atoms with Gasteiger partial charge in [-0.25, -0.2) is 13.2 Å². The predicted octanol–water partition coefficient (Wildman–Crippen LogP) is 3.54. The van der Waals surface area contributed by atoms with Gasteiger partial charge in [0.2, 0.25) is 15.8 Å². The Morgan fingerprint density at radius 3 is 2.41 bits per heavy atom. The number of esters is 1. The Kier molecular flexibility index (Phi) is 6.76. The van der Waals surface area contributed by atoms with Crippen molar-refractivity contribution in [2.75, 3.05) is 11.0 Å². The van der Waals surface area contributed by atoms with Crippen LogP contribution in [0, 0.1) is 0 Å². The van der Waals surface area contributed by atoms with Crippen molar-refractivity contribution >= 4 is 45.1 Å². The second-order valence-electron chi connectivity index (χ2n) is 5.78. The molecule has 2 aromatic rings. The molecule has 27 heavy (non-hydrogen) atoms. The predicted molar refractivity (Wildman–Crippen MR) is 105 cm³/mol. The number of Topliss-reactive ketones (excluding diaryl/α,β-unsaturated/α-hetero) is 1. The van der Waals surface area contributed by atoms with Crippen LogP contribution in [0.3, 0.4) is 0 Å². The smallest absolute Gasteiger partial charge is 0.331 e. The Hall–Kier alpha value is -2.64. The van der Waals surface area contributed by atoms with Gasteiger partial charge in [0, 0.05) is 22.3 Å². The average Bonchev–Trinajstić information content (AvgIpc) is 2.58. The largest absolute Gasteiger partial charge is 0.451 e. The second-order valence-corrected chi connectivity index (χ2v) is 7.97. The van der Waals surface area contributed by atoms with Crippen molar-refractivity contribution in [1.29, 1.82) is 0 Å². The fourth-order valence-corrected chi connectivity index (χ4v) is 2.96. The molecule has 1 unspecified atom stereocenters. The third-order valence-corrected chi connectivity index (χ3v) is 4.24. The standard InChI is InChI=1S/C19H18ClNO5S/c1-13(26-18(22)11-6-14-4-3-5-16(20)12-14)19(23)15-7-9-17(10-8-15)21-27(2,24)25/h3-13,21H,1-2H3/b11-6+. The molecule has 1 N–H and O–H groups in total. The Morgan fingerprint density at radius 1 is 1.15 bits per heavy atom. The Morgan fingerprint density at radius 2 is 1.81 bits per heavy atom. The number of carbonyl (C=O) groups excluding carboxylic acids is 2. The number of sulfonamides is 1. The first kappa shape index (κ1) is 20.7. The van der Waals surface area contributed by atoms with E-state index in [9.17, 15) is 18.0 Å². The lowest BCUT2D eigenvalue weighted by atomic mass is 10.1. The number of nitrogens with one attached hydrogen (secondary N) is 1. The number of ether oxygens (including phenoxy) is 1. The molecule has 0 saturated heterocycles. The Balaban J connectivity index is 1.97. The van der Waals surface area contributed by atoms with Crippen LogP contribution in [-0.4, -0.2) is 32.5 Å². The molecule has 0 aliphatic heterocycles. The summed E-state index contributed by atoms with van der Waals surface area (Å²) in [6.45, 7) is 1.47. The summed E-state index contributed by atoms with van der Waals surface area (Å²) in [5, 5.41) is 0.544.